The lowest BCUT2D eigenvalue weighted by atomic mass is 9.87. The van der Waals surface area contributed by atoms with Crippen molar-refractivity contribution in [1.29, 1.82) is 0 Å². The molecular formula is C34H48N2O7. The zero-order valence-electron chi connectivity index (χ0n) is 26.5. The largest absolute Gasteiger partial charge is 0.491 e. The van der Waals surface area contributed by atoms with Crippen LogP contribution in [0.15, 0.2) is 36.4 Å². The third-order valence-corrected chi connectivity index (χ3v) is 7.28. The number of benzene rings is 2. The molecule has 0 radical (unpaired) electrons. The van der Waals surface area contributed by atoms with Gasteiger partial charge in [0.1, 0.15) is 35.9 Å². The van der Waals surface area contributed by atoms with Gasteiger partial charge in [0, 0.05) is 0 Å². The van der Waals surface area contributed by atoms with Gasteiger partial charge in [-0.05, 0) is 114 Å². The van der Waals surface area contributed by atoms with Gasteiger partial charge in [-0.25, -0.2) is 9.59 Å². The number of alkyl carbamates (subject to hydrolysis) is 2. The Morgan fingerprint density at radius 3 is 1.49 bits per heavy atom. The van der Waals surface area contributed by atoms with E-state index in [0.29, 0.717) is 26.4 Å². The highest BCUT2D eigenvalue weighted by Gasteiger charge is 2.28. The van der Waals surface area contributed by atoms with Crippen molar-refractivity contribution in [3.63, 3.8) is 0 Å². The average Bonchev–Trinajstić information content (AvgIpc) is 2.91. The minimum absolute atomic E-state index is 0.0948. The van der Waals surface area contributed by atoms with Crippen LogP contribution < -0.4 is 20.1 Å². The summed E-state index contributed by atoms with van der Waals surface area (Å²) in [5.41, 5.74) is 3.35. The van der Waals surface area contributed by atoms with Crippen molar-refractivity contribution in [2.75, 3.05) is 26.4 Å². The summed E-state index contributed by atoms with van der Waals surface area (Å²) in [6, 6.07) is 11.8. The van der Waals surface area contributed by atoms with E-state index in [4.69, 9.17) is 23.7 Å². The van der Waals surface area contributed by atoms with Gasteiger partial charge in [0.25, 0.3) is 0 Å². The van der Waals surface area contributed by atoms with Crippen molar-refractivity contribution in [2.45, 2.75) is 103 Å². The van der Waals surface area contributed by atoms with Crippen LogP contribution in [0.25, 0.3) is 0 Å². The van der Waals surface area contributed by atoms with E-state index in [0.717, 1.165) is 72.3 Å². The fourth-order valence-corrected chi connectivity index (χ4v) is 5.62. The molecule has 236 valence electrons. The van der Waals surface area contributed by atoms with Crippen LogP contribution >= 0.6 is 0 Å². The molecule has 0 unspecified atom stereocenters. The first-order chi connectivity index (χ1) is 20.4. The molecule has 0 aliphatic heterocycles. The van der Waals surface area contributed by atoms with Crippen LogP contribution in [-0.4, -0.2) is 49.8 Å². The first kappa shape index (κ1) is 32.5. The molecule has 9 nitrogen and oxygen atoms in total. The monoisotopic (exact) mass is 596 g/mol. The molecule has 0 saturated heterocycles. The van der Waals surface area contributed by atoms with E-state index in [9.17, 15) is 9.59 Å². The summed E-state index contributed by atoms with van der Waals surface area (Å²) in [6.07, 6.45) is 4.66. The number of carbonyl (C=O) groups excluding carboxylic acids is 2. The number of rotatable bonds is 10. The van der Waals surface area contributed by atoms with Gasteiger partial charge in [0.05, 0.1) is 25.3 Å². The summed E-state index contributed by atoms with van der Waals surface area (Å²) in [4.78, 5) is 24.7. The normalized spacial score (nSPS) is 18.1. The molecule has 0 saturated carbocycles. The highest BCUT2D eigenvalue weighted by atomic mass is 16.6. The van der Waals surface area contributed by atoms with Gasteiger partial charge in [-0.3, -0.25) is 0 Å². The Kier molecular flexibility index (Phi) is 10.8. The minimum atomic E-state index is -0.540. The number of carbonyl (C=O) groups is 2. The molecule has 0 aromatic heterocycles. The summed E-state index contributed by atoms with van der Waals surface area (Å²) >= 11 is 0. The maximum Gasteiger partial charge on any atom is 0.408 e. The molecule has 2 aliphatic rings. The van der Waals surface area contributed by atoms with Crippen LogP contribution in [0.1, 0.15) is 102 Å². The molecule has 9 heteroatoms. The number of nitrogens with one attached hydrogen (secondary N) is 2. The van der Waals surface area contributed by atoms with E-state index >= 15 is 0 Å². The first-order valence-corrected chi connectivity index (χ1v) is 15.5. The third-order valence-electron chi connectivity index (χ3n) is 7.28. The Labute approximate surface area is 255 Å². The van der Waals surface area contributed by atoms with Crippen molar-refractivity contribution in [1.82, 2.24) is 10.6 Å². The van der Waals surface area contributed by atoms with Gasteiger partial charge in [-0.1, -0.05) is 24.3 Å². The zero-order chi connectivity index (χ0) is 31.0. The molecule has 2 amide bonds. The van der Waals surface area contributed by atoms with Crippen LogP contribution in [0.2, 0.25) is 0 Å². The summed E-state index contributed by atoms with van der Waals surface area (Å²) in [5.74, 6) is 1.66. The summed E-state index contributed by atoms with van der Waals surface area (Å²) in [7, 11) is 0. The minimum Gasteiger partial charge on any atom is -0.491 e. The lowest BCUT2D eigenvalue weighted by molar-refractivity contribution is 0.0487. The Bertz CT molecular complexity index is 1150. The number of ether oxygens (including phenoxy) is 5. The molecule has 4 rings (SSSR count). The second-order valence-corrected chi connectivity index (χ2v) is 13.1. The predicted molar refractivity (Wildman–Crippen MR) is 165 cm³/mol. The fraction of sp³-hybridized carbons (Fsp3) is 0.588. The third kappa shape index (κ3) is 9.78. The van der Waals surface area contributed by atoms with Crippen molar-refractivity contribution in [2.24, 2.45) is 0 Å². The molecule has 43 heavy (non-hydrogen) atoms. The molecular weight excluding hydrogens is 548 g/mol. The molecule has 0 heterocycles. The van der Waals surface area contributed by atoms with Crippen molar-refractivity contribution in [3.8, 4) is 11.5 Å². The molecule has 2 aromatic rings. The average molecular weight is 597 g/mol. The number of hydrogen-bond acceptors (Lipinski definition) is 7. The maximum atomic E-state index is 12.4. The van der Waals surface area contributed by atoms with Crippen LogP contribution in [0.3, 0.4) is 0 Å². The van der Waals surface area contributed by atoms with Crippen LogP contribution in [0, 0.1) is 0 Å². The molecule has 0 fully saturated rings. The standard InChI is InChI=1S/C34H48N2O7/c1-33(2,3)42-31(37)35-27-15-7-13-25-23(27)11-9-17-29(25)40-21-19-39-20-22-41-30-18-10-12-24-26(30)14-8-16-28(24)36-32(38)43-34(4,5)6/h9-12,17-18,27-28H,7-8,13-16,19-22H2,1-6H3,(H,35,37)(H,36,38)/t27-,28-/m1/s1. The summed E-state index contributed by atoms with van der Waals surface area (Å²) in [6.45, 7) is 12.9. The first-order valence-electron chi connectivity index (χ1n) is 15.5. The van der Waals surface area contributed by atoms with E-state index in [-0.39, 0.29) is 12.1 Å². The van der Waals surface area contributed by atoms with E-state index in [1.54, 1.807) is 0 Å². The van der Waals surface area contributed by atoms with Gasteiger partial charge in [-0.15, -0.1) is 0 Å². The van der Waals surface area contributed by atoms with Crippen molar-refractivity contribution in [3.05, 3.63) is 58.7 Å². The lowest BCUT2D eigenvalue weighted by Gasteiger charge is -2.29. The number of fused-ring (bicyclic) bond motifs is 2. The molecule has 0 spiro atoms. The zero-order valence-corrected chi connectivity index (χ0v) is 26.5. The lowest BCUT2D eigenvalue weighted by Crippen LogP contribution is -2.36. The highest BCUT2D eigenvalue weighted by molar-refractivity contribution is 5.69. The number of amides is 2. The Morgan fingerprint density at radius 1 is 0.674 bits per heavy atom. The van der Waals surface area contributed by atoms with Gasteiger partial charge >= 0.3 is 12.2 Å². The SMILES string of the molecule is CC(C)(C)OC(=O)N[C@@H]1CCCc2c(OCCOCCOc3cccc4c3CCC[C@H]4NC(=O)OC(C)(C)C)cccc21. The smallest absolute Gasteiger partial charge is 0.408 e. The second kappa shape index (κ2) is 14.3. The van der Waals surface area contributed by atoms with Gasteiger partial charge in [0.15, 0.2) is 0 Å². The second-order valence-electron chi connectivity index (χ2n) is 13.1. The van der Waals surface area contributed by atoms with Crippen LogP contribution in [0.5, 0.6) is 11.5 Å². The van der Waals surface area contributed by atoms with Crippen LogP contribution in [-0.2, 0) is 27.1 Å². The van der Waals surface area contributed by atoms with E-state index < -0.39 is 23.4 Å². The Hall–Kier alpha value is -3.46. The van der Waals surface area contributed by atoms with Crippen molar-refractivity contribution >= 4 is 12.2 Å². The highest BCUT2D eigenvalue weighted by Crippen LogP contribution is 2.37. The summed E-state index contributed by atoms with van der Waals surface area (Å²) < 4.78 is 28.9. The van der Waals surface area contributed by atoms with Gasteiger partial charge in [-0.2, -0.15) is 0 Å². The Balaban J connectivity index is 1.22. The van der Waals surface area contributed by atoms with Crippen LogP contribution in [0.4, 0.5) is 9.59 Å². The summed E-state index contributed by atoms with van der Waals surface area (Å²) in [5, 5.41) is 6.04. The van der Waals surface area contributed by atoms with E-state index in [2.05, 4.69) is 22.8 Å². The molecule has 2 aromatic carbocycles. The molecule has 2 atom stereocenters. The van der Waals surface area contributed by atoms with Gasteiger partial charge in [0.2, 0.25) is 0 Å². The Morgan fingerprint density at radius 2 is 1.09 bits per heavy atom. The van der Waals surface area contributed by atoms with Crippen molar-refractivity contribution < 1.29 is 33.3 Å². The van der Waals surface area contributed by atoms with E-state index in [1.807, 2.05) is 65.8 Å². The van der Waals surface area contributed by atoms with E-state index in [1.165, 1.54) is 0 Å². The quantitative estimate of drug-likeness (QED) is 0.286. The van der Waals surface area contributed by atoms with Gasteiger partial charge < -0.3 is 34.3 Å². The molecule has 2 N–H and O–H groups in total. The molecule has 2 aliphatic carbocycles. The number of hydrogen-bond donors (Lipinski definition) is 2. The topological polar surface area (TPSA) is 104 Å². The fourth-order valence-electron chi connectivity index (χ4n) is 5.62. The maximum absolute atomic E-state index is 12.4. The predicted octanol–water partition coefficient (Wildman–Crippen LogP) is 6.97. The molecule has 0 bridgehead atoms.